The lowest BCUT2D eigenvalue weighted by Crippen LogP contribution is -2.19. The first-order chi connectivity index (χ1) is 13.0. The van der Waals surface area contributed by atoms with Crippen LogP contribution in [-0.2, 0) is 16.1 Å². The van der Waals surface area contributed by atoms with Gasteiger partial charge in [-0.3, -0.25) is 14.0 Å². The molecule has 0 unspecified atom stereocenters. The zero-order chi connectivity index (χ0) is 19.0. The molecule has 3 heterocycles. The Hall–Kier alpha value is -2.65. The predicted octanol–water partition coefficient (Wildman–Crippen LogP) is 2.86. The summed E-state index contributed by atoms with van der Waals surface area (Å²) < 4.78 is 7.44. The molecule has 0 saturated heterocycles. The lowest BCUT2D eigenvalue weighted by Gasteiger charge is -2.16. The van der Waals surface area contributed by atoms with Gasteiger partial charge in [-0.25, -0.2) is 9.78 Å². The molecule has 0 saturated carbocycles. The number of pyridine rings is 1. The van der Waals surface area contributed by atoms with Crippen LogP contribution in [-0.4, -0.2) is 27.0 Å². The van der Waals surface area contributed by atoms with E-state index in [4.69, 9.17) is 4.74 Å². The third-order valence-electron chi connectivity index (χ3n) is 3.88. The van der Waals surface area contributed by atoms with E-state index in [1.54, 1.807) is 36.5 Å². The van der Waals surface area contributed by atoms with Crippen molar-refractivity contribution in [3.8, 4) is 0 Å². The molecule has 1 N–H and O–H groups in total. The minimum absolute atomic E-state index is 0.106. The Bertz CT molecular complexity index is 1150. The molecule has 9 heteroatoms. The maximum Gasteiger partial charge on any atom is 0.338 e. The zero-order valence-electron chi connectivity index (χ0n) is 13.8. The fraction of sp³-hybridized carbons (Fsp3) is 0.111. The van der Waals surface area contributed by atoms with Gasteiger partial charge in [-0.2, -0.15) is 0 Å². The van der Waals surface area contributed by atoms with Crippen molar-refractivity contribution in [3.05, 3.63) is 68.7 Å². The summed E-state index contributed by atoms with van der Waals surface area (Å²) in [6.07, 6.45) is 1.62. The molecule has 1 aliphatic heterocycles. The number of thioether (sulfide) groups is 1. The quantitative estimate of drug-likeness (QED) is 0.623. The highest BCUT2D eigenvalue weighted by molar-refractivity contribution is 9.10. The molecule has 3 aromatic rings. The van der Waals surface area contributed by atoms with Gasteiger partial charge in [0.15, 0.2) is 0 Å². The largest absolute Gasteiger partial charge is 0.456 e. The number of fused-ring (bicyclic) bond motifs is 2. The van der Waals surface area contributed by atoms with Gasteiger partial charge in [0, 0.05) is 21.6 Å². The number of halogens is 1. The van der Waals surface area contributed by atoms with Gasteiger partial charge in [0.2, 0.25) is 5.91 Å². The number of carbonyl (C=O) groups excluding carboxylic acids is 2. The van der Waals surface area contributed by atoms with Gasteiger partial charge in [0.05, 0.1) is 22.7 Å². The van der Waals surface area contributed by atoms with E-state index in [1.165, 1.54) is 22.2 Å². The Morgan fingerprint density at radius 2 is 2.11 bits per heavy atom. The number of rotatable bonds is 3. The van der Waals surface area contributed by atoms with E-state index in [1.807, 2.05) is 0 Å². The monoisotopic (exact) mass is 445 g/mol. The molecule has 1 aliphatic rings. The van der Waals surface area contributed by atoms with E-state index in [9.17, 15) is 14.4 Å². The Balaban J connectivity index is 1.52. The van der Waals surface area contributed by atoms with Gasteiger partial charge in [-0.15, -0.1) is 11.8 Å². The van der Waals surface area contributed by atoms with Crippen molar-refractivity contribution in [2.75, 3.05) is 11.1 Å². The zero-order valence-corrected chi connectivity index (χ0v) is 16.2. The first-order valence-corrected chi connectivity index (χ1v) is 9.69. The molecule has 0 atom stereocenters. The molecule has 7 nitrogen and oxygen atoms in total. The number of nitrogens with zero attached hydrogens (tertiary/aromatic N) is 2. The second kappa shape index (κ2) is 7.16. The van der Waals surface area contributed by atoms with Crippen molar-refractivity contribution < 1.29 is 14.3 Å². The van der Waals surface area contributed by atoms with E-state index >= 15 is 0 Å². The third kappa shape index (κ3) is 3.74. The number of anilines is 1. The minimum Gasteiger partial charge on any atom is -0.456 e. The van der Waals surface area contributed by atoms with Gasteiger partial charge >= 0.3 is 5.97 Å². The summed E-state index contributed by atoms with van der Waals surface area (Å²) >= 11 is 4.72. The molecule has 0 aliphatic carbocycles. The number of hydrogen-bond donors (Lipinski definition) is 1. The lowest BCUT2D eigenvalue weighted by molar-refractivity contribution is -0.113. The van der Waals surface area contributed by atoms with E-state index in [0.717, 1.165) is 9.37 Å². The number of esters is 1. The second-order valence-corrected chi connectivity index (χ2v) is 7.72. The van der Waals surface area contributed by atoms with Crippen LogP contribution < -0.4 is 10.9 Å². The highest BCUT2D eigenvalue weighted by Gasteiger charge is 2.18. The van der Waals surface area contributed by atoms with E-state index < -0.39 is 5.97 Å². The SMILES string of the molecule is O=C1CSc2ccc(C(=O)OCc3cc(=O)n4cc(Br)ccc4n3)cc2N1. The average molecular weight is 446 g/mol. The summed E-state index contributed by atoms with van der Waals surface area (Å²) in [6.45, 7) is -0.126. The second-order valence-electron chi connectivity index (χ2n) is 5.79. The third-order valence-corrected chi connectivity index (χ3v) is 5.42. The smallest absolute Gasteiger partial charge is 0.338 e. The molecular weight excluding hydrogens is 434 g/mol. The Kier molecular flexibility index (Phi) is 4.71. The van der Waals surface area contributed by atoms with Crippen molar-refractivity contribution >= 4 is 50.9 Å². The van der Waals surface area contributed by atoms with E-state index in [0.29, 0.717) is 28.3 Å². The van der Waals surface area contributed by atoms with Crippen molar-refractivity contribution in [1.82, 2.24) is 9.38 Å². The average Bonchev–Trinajstić information content (AvgIpc) is 2.66. The predicted molar refractivity (Wildman–Crippen MR) is 104 cm³/mol. The van der Waals surface area contributed by atoms with Crippen LogP contribution in [0.4, 0.5) is 5.69 Å². The first-order valence-electron chi connectivity index (χ1n) is 7.91. The van der Waals surface area contributed by atoms with Gasteiger partial charge in [0.1, 0.15) is 12.3 Å². The molecule has 2 aromatic heterocycles. The summed E-state index contributed by atoms with van der Waals surface area (Å²) in [6, 6.07) is 9.80. The Labute approximate surface area is 165 Å². The fourth-order valence-corrected chi connectivity index (χ4v) is 3.76. The van der Waals surface area contributed by atoms with Crippen LogP contribution in [0, 0.1) is 0 Å². The molecule has 1 aromatic carbocycles. The molecular formula is C18H12BrN3O4S. The summed E-state index contributed by atoms with van der Waals surface area (Å²) in [5.74, 6) is -0.304. The number of nitrogens with one attached hydrogen (secondary N) is 1. The maximum atomic E-state index is 12.3. The van der Waals surface area contributed by atoms with Crippen LogP contribution in [0.1, 0.15) is 16.1 Å². The topological polar surface area (TPSA) is 89.8 Å². The normalized spacial score (nSPS) is 13.1. The van der Waals surface area contributed by atoms with Crippen LogP contribution in [0.2, 0.25) is 0 Å². The fourth-order valence-electron chi connectivity index (χ4n) is 2.63. The van der Waals surface area contributed by atoms with Crippen LogP contribution in [0.25, 0.3) is 5.65 Å². The van der Waals surface area contributed by atoms with Gasteiger partial charge in [-0.05, 0) is 46.3 Å². The standard InChI is InChI=1S/C18H12BrN3O4S/c19-11-2-4-15-20-12(6-17(24)22(15)7-11)8-26-18(25)10-1-3-14-13(5-10)21-16(23)9-27-14/h1-7H,8-9H2,(H,21,23). The molecule has 0 radical (unpaired) electrons. The van der Waals surface area contributed by atoms with Crippen molar-refractivity contribution in [2.45, 2.75) is 11.5 Å². The van der Waals surface area contributed by atoms with Crippen LogP contribution >= 0.6 is 27.7 Å². The molecule has 0 spiro atoms. The highest BCUT2D eigenvalue weighted by atomic mass is 79.9. The maximum absolute atomic E-state index is 12.3. The number of aromatic nitrogens is 2. The van der Waals surface area contributed by atoms with Crippen LogP contribution in [0.5, 0.6) is 0 Å². The molecule has 27 heavy (non-hydrogen) atoms. The lowest BCUT2D eigenvalue weighted by atomic mass is 10.2. The Morgan fingerprint density at radius 1 is 1.26 bits per heavy atom. The van der Waals surface area contributed by atoms with Crippen molar-refractivity contribution in [3.63, 3.8) is 0 Å². The summed E-state index contributed by atoms with van der Waals surface area (Å²) in [5.41, 5.74) is 1.47. The molecule has 1 amide bonds. The Morgan fingerprint density at radius 3 is 2.96 bits per heavy atom. The summed E-state index contributed by atoms with van der Waals surface area (Å²) in [5, 5.41) is 2.73. The molecule has 4 rings (SSSR count). The minimum atomic E-state index is -0.555. The summed E-state index contributed by atoms with van der Waals surface area (Å²) in [4.78, 5) is 41.2. The van der Waals surface area contributed by atoms with E-state index in [2.05, 4.69) is 26.2 Å². The number of benzene rings is 1. The number of hydrogen-bond acceptors (Lipinski definition) is 6. The highest BCUT2D eigenvalue weighted by Crippen LogP contribution is 2.32. The van der Waals surface area contributed by atoms with Crippen LogP contribution in [0.15, 0.2) is 56.8 Å². The molecule has 0 fully saturated rings. The summed E-state index contributed by atoms with van der Waals surface area (Å²) in [7, 11) is 0. The van der Waals surface area contributed by atoms with Crippen molar-refractivity contribution in [1.29, 1.82) is 0 Å². The van der Waals surface area contributed by atoms with Gasteiger partial charge in [-0.1, -0.05) is 0 Å². The number of ether oxygens (including phenoxy) is 1. The molecule has 0 bridgehead atoms. The first kappa shape index (κ1) is 17.7. The van der Waals surface area contributed by atoms with Crippen LogP contribution in [0.3, 0.4) is 0 Å². The van der Waals surface area contributed by atoms with E-state index in [-0.39, 0.29) is 18.1 Å². The molecule has 136 valence electrons. The number of amides is 1. The number of carbonyl (C=O) groups is 2. The van der Waals surface area contributed by atoms with Gasteiger partial charge < -0.3 is 10.1 Å². The van der Waals surface area contributed by atoms with Gasteiger partial charge in [0.25, 0.3) is 5.56 Å². The van der Waals surface area contributed by atoms with Crippen molar-refractivity contribution in [2.24, 2.45) is 0 Å².